The molecule has 0 atom stereocenters. The van der Waals surface area contributed by atoms with Crippen molar-refractivity contribution >= 4 is 28.2 Å². The van der Waals surface area contributed by atoms with Gasteiger partial charge in [-0.15, -0.1) is 0 Å². The van der Waals surface area contributed by atoms with Gasteiger partial charge in [-0.25, -0.2) is 4.79 Å². The van der Waals surface area contributed by atoms with E-state index in [1.54, 1.807) is 24.3 Å². The highest BCUT2D eigenvalue weighted by Crippen LogP contribution is 2.29. The van der Waals surface area contributed by atoms with Gasteiger partial charge in [0.15, 0.2) is 0 Å². The summed E-state index contributed by atoms with van der Waals surface area (Å²) in [5.41, 5.74) is 2.46. The zero-order chi connectivity index (χ0) is 15.5. The summed E-state index contributed by atoms with van der Waals surface area (Å²) in [5.74, 6) is 0.195. The van der Waals surface area contributed by atoms with Gasteiger partial charge in [0.25, 0.3) is 0 Å². The predicted octanol–water partition coefficient (Wildman–Crippen LogP) is 4.50. The summed E-state index contributed by atoms with van der Waals surface area (Å²) in [6.45, 7) is 1.97. The number of hydrogen-bond donors (Lipinski definition) is 3. The Morgan fingerprint density at radius 2 is 1.64 bits per heavy atom. The molecule has 0 saturated heterocycles. The summed E-state index contributed by atoms with van der Waals surface area (Å²) in [6.07, 6.45) is 0. The molecule has 22 heavy (non-hydrogen) atoms. The van der Waals surface area contributed by atoms with E-state index in [4.69, 9.17) is 0 Å². The van der Waals surface area contributed by atoms with E-state index in [0.717, 1.165) is 16.6 Å². The Labute approximate surface area is 128 Å². The molecule has 3 rings (SSSR count). The first kappa shape index (κ1) is 13.9. The lowest BCUT2D eigenvalue weighted by Gasteiger charge is -2.11. The van der Waals surface area contributed by atoms with Crippen molar-refractivity contribution in [3.05, 3.63) is 66.2 Å². The third-order valence-electron chi connectivity index (χ3n) is 3.42. The van der Waals surface area contributed by atoms with Crippen molar-refractivity contribution in [1.82, 2.24) is 0 Å². The van der Waals surface area contributed by atoms with Gasteiger partial charge in [0, 0.05) is 16.5 Å². The molecule has 0 aliphatic rings. The molecule has 3 aromatic rings. The second kappa shape index (κ2) is 5.77. The number of anilines is 2. The van der Waals surface area contributed by atoms with Gasteiger partial charge in [0.1, 0.15) is 5.75 Å². The minimum Gasteiger partial charge on any atom is -0.507 e. The molecule has 0 aliphatic carbocycles. The third kappa shape index (κ3) is 2.86. The van der Waals surface area contributed by atoms with Crippen molar-refractivity contribution in [2.45, 2.75) is 6.92 Å². The summed E-state index contributed by atoms with van der Waals surface area (Å²) in [6, 6.07) is 17.9. The normalized spacial score (nSPS) is 10.4. The maximum atomic E-state index is 12.1. The highest BCUT2D eigenvalue weighted by molar-refractivity contribution is 6.07. The van der Waals surface area contributed by atoms with Crippen molar-refractivity contribution in [3.8, 4) is 5.75 Å². The van der Waals surface area contributed by atoms with Gasteiger partial charge in [-0.2, -0.15) is 0 Å². The fourth-order valence-corrected chi connectivity index (χ4v) is 2.41. The molecule has 0 spiro atoms. The van der Waals surface area contributed by atoms with E-state index in [-0.39, 0.29) is 11.8 Å². The van der Waals surface area contributed by atoms with Crippen LogP contribution in [0.2, 0.25) is 0 Å². The van der Waals surface area contributed by atoms with Crippen LogP contribution in [0, 0.1) is 6.92 Å². The monoisotopic (exact) mass is 292 g/mol. The number of carbonyl (C=O) groups excluding carboxylic acids is 1. The van der Waals surface area contributed by atoms with E-state index in [1.807, 2.05) is 43.3 Å². The van der Waals surface area contributed by atoms with Crippen LogP contribution < -0.4 is 10.6 Å². The van der Waals surface area contributed by atoms with Gasteiger partial charge < -0.3 is 15.7 Å². The smallest absolute Gasteiger partial charge is 0.323 e. The molecule has 2 amide bonds. The molecule has 0 radical (unpaired) electrons. The molecule has 0 bridgehead atoms. The maximum Gasteiger partial charge on any atom is 0.323 e. The van der Waals surface area contributed by atoms with Gasteiger partial charge in [-0.1, -0.05) is 36.4 Å². The number of amides is 2. The van der Waals surface area contributed by atoms with Crippen LogP contribution in [0.3, 0.4) is 0 Å². The summed E-state index contributed by atoms with van der Waals surface area (Å²) in [5, 5.41) is 17.0. The first-order valence-electron chi connectivity index (χ1n) is 6.99. The van der Waals surface area contributed by atoms with Crippen LogP contribution in [0.5, 0.6) is 5.75 Å². The lowest BCUT2D eigenvalue weighted by molar-refractivity contribution is 0.262. The standard InChI is InChI=1S/C18H16N2O2/c1-12-5-2-6-13(11-12)19-18(22)20-16-9-3-8-15-14(16)7-4-10-17(15)21/h2-11,21H,1H3,(H2,19,20,22). The Morgan fingerprint density at radius 3 is 2.45 bits per heavy atom. The van der Waals surface area contributed by atoms with E-state index < -0.39 is 0 Å². The lowest BCUT2D eigenvalue weighted by Crippen LogP contribution is -2.19. The minimum atomic E-state index is -0.318. The number of urea groups is 1. The Hall–Kier alpha value is -3.01. The lowest BCUT2D eigenvalue weighted by atomic mass is 10.1. The number of nitrogens with one attached hydrogen (secondary N) is 2. The molecule has 0 aromatic heterocycles. The van der Waals surface area contributed by atoms with Gasteiger partial charge in [-0.05, 0) is 36.8 Å². The van der Waals surface area contributed by atoms with Crippen LogP contribution in [-0.4, -0.2) is 11.1 Å². The van der Waals surface area contributed by atoms with E-state index in [9.17, 15) is 9.90 Å². The van der Waals surface area contributed by atoms with Crippen molar-refractivity contribution < 1.29 is 9.90 Å². The van der Waals surface area contributed by atoms with Crippen LogP contribution in [0.25, 0.3) is 10.8 Å². The molecule has 4 nitrogen and oxygen atoms in total. The van der Waals surface area contributed by atoms with Crippen LogP contribution in [0.1, 0.15) is 5.56 Å². The fourth-order valence-electron chi connectivity index (χ4n) is 2.41. The van der Waals surface area contributed by atoms with E-state index in [0.29, 0.717) is 11.1 Å². The van der Waals surface area contributed by atoms with Crippen LogP contribution in [0.15, 0.2) is 60.7 Å². The van der Waals surface area contributed by atoms with Gasteiger partial charge in [-0.3, -0.25) is 0 Å². The number of aryl methyl sites for hydroxylation is 1. The number of fused-ring (bicyclic) bond motifs is 1. The van der Waals surface area contributed by atoms with E-state index in [2.05, 4.69) is 10.6 Å². The third-order valence-corrected chi connectivity index (χ3v) is 3.42. The first-order chi connectivity index (χ1) is 10.6. The maximum absolute atomic E-state index is 12.1. The molecule has 0 unspecified atom stereocenters. The SMILES string of the molecule is Cc1cccc(NC(=O)Nc2cccc3c(O)cccc23)c1. The zero-order valence-electron chi connectivity index (χ0n) is 12.1. The Morgan fingerprint density at radius 1 is 0.909 bits per heavy atom. The number of hydrogen-bond acceptors (Lipinski definition) is 2. The fraction of sp³-hybridized carbons (Fsp3) is 0.0556. The van der Waals surface area contributed by atoms with Crippen LogP contribution in [-0.2, 0) is 0 Å². The summed E-state index contributed by atoms with van der Waals surface area (Å²) in [4.78, 5) is 12.1. The average Bonchev–Trinajstić information content (AvgIpc) is 2.48. The van der Waals surface area contributed by atoms with Gasteiger partial charge >= 0.3 is 6.03 Å². The molecule has 0 heterocycles. The van der Waals surface area contributed by atoms with Crippen molar-refractivity contribution in [1.29, 1.82) is 0 Å². The number of phenolic OH excluding ortho intramolecular Hbond substituents is 1. The largest absolute Gasteiger partial charge is 0.507 e. The number of rotatable bonds is 2. The van der Waals surface area contributed by atoms with Crippen molar-refractivity contribution in [3.63, 3.8) is 0 Å². The first-order valence-corrected chi connectivity index (χ1v) is 6.99. The van der Waals surface area contributed by atoms with Crippen LogP contribution >= 0.6 is 0 Å². The number of benzene rings is 3. The quantitative estimate of drug-likeness (QED) is 0.651. The molecular weight excluding hydrogens is 276 g/mol. The molecule has 0 fully saturated rings. The van der Waals surface area contributed by atoms with Crippen molar-refractivity contribution in [2.24, 2.45) is 0 Å². The number of phenols is 1. The molecule has 4 heteroatoms. The number of aromatic hydroxyl groups is 1. The molecule has 3 N–H and O–H groups in total. The average molecular weight is 292 g/mol. The second-order valence-corrected chi connectivity index (χ2v) is 5.13. The van der Waals surface area contributed by atoms with E-state index in [1.165, 1.54) is 0 Å². The summed E-state index contributed by atoms with van der Waals surface area (Å²) < 4.78 is 0. The second-order valence-electron chi connectivity index (χ2n) is 5.13. The van der Waals surface area contributed by atoms with Crippen LogP contribution in [0.4, 0.5) is 16.2 Å². The minimum absolute atomic E-state index is 0.195. The molecule has 0 aliphatic heterocycles. The van der Waals surface area contributed by atoms with Crippen molar-refractivity contribution in [2.75, 3.05) is 10.6 Å². The number of carbonyl (C=O) groups is 1. The highest BCUT2D eigenvalue weighted by Gasteiger charge is 2.07. The Bertz CT molecular complexity index is 843. The molecule has 3 aromatic carbocycles. The topological polar surface area (TPSA) is 61.4 Å². The van der Waals surface area contributed by atoms with E-state index >= 15 is 0 Å². The molecular formula is C18H16N2O2. The highest BCUT2D eigenvalue weighted by atomic mass is 16.3. The van der Waals surface area contributed by atoms with Gasteiger partial charge in [0.05, 0.1) is 5.69 Å². The summed E-state index contributed by atoms with van der Waals surface area (Å²) in [7, 11) is 0. The Kier molecular flexibility index (Phi) is 3.66. The zero-order valence-corrected chi connectivity index (χ0v) is 12.1. The predicted molar refractivity (Wildman–Crippen MR) is 89.4 cm³/mol. The molecule has 0 saturated carbocycles. The Balaban J connectivity index is 1.84. The molecule has 110 valence electrons. The summed E-state index contributed by atoms with van der Waals surface area (Å²) >= 11 is 0. The van der Waals surface area contributed by atoms with Gasteiger partial charge in [0.2, 0.25) is 0 Å².